The fourth-order valence-electron chi connectivity index (χ4n) is 8.26. The van der Waals surface area contributed by atoms with Crippen molar-refractivity contribution in [2.45, 2.75) is 109 Å². The molecule has 1 nitrogen and oxygen atoms in total. The number of rotatable bonds is 9. The number of aliphatic hydroxyl groups excluding tert-OH is 1. The van der Waals surface area contributed by atoms with Gasteiger partial charge in [0.2, 0.25) is 0 Å². The van der Waals surface area contributed by atoms with Gasteiger partial charge in [-0.25, -0.2) is 0 Å². The first-order valence-electron chi connectivity index (χ1n) is 18.5. The Morgan fingerprint density at radius 3 is 1.10 bits per heavy atom. The van der Waals surface area contributed by atoms with E-state index in [2.05, 4.69) is 171 Å². The van der Waals surface area contributed by atoms with Gasteiger partial charge in [0.15, 0.2) is 0 Å². The molecule has 2 atom stereocenters. The first-order valence-corrected chi connectivity index (χ1v) is 20.0. The zero-order valence-electron chi connectivity index (χ0n) is 30.8. The van der Waals surface area contributed by atoms with Crippen molar-refractivity contribution in [1.29, 1.82) is 0 Å². The van der Waals surface area contributed by atoms with E-state index in [1.807, 2.05) is 0 Å². The molecule has 1 heterocycles. The van der Waals surface area contributed by atoms with E-state index in [1.54, 1.807) is 0 Å². The van der Waals surface area contributed by atoms with Gasteiger partial charge >= 0.3 is 0 Å². The molecule has 49 heavy (non-hydrogen) atoms. The van der Waals surface area contributed by atoms with Crippen LogP contribution in [-0.2, 0) is 0 Å². The van der Waals surface area contributed by atoms with Crippen molar-refractivity contribution in [2.75, 3.05) is 0 Å². The minimum absolute atomic E-state index is 0.215. The van der Waals surface area contributed by atoms with E-state index in [9.17, 15) is 5.11 Å². The molecule has 1 N–H and O–H groups in total. The van der Waals surface area contributed by atoms with E-state index in [1.165, 1.54) is 60.9 Å². The molecule has 0 amide bonds. The summed E-state index contributed by atoms with van der Waals surface area (Å²) in [7, 11) is -0.848. The zero-order chi connectivity index (χ0) is 34.8. The monoisotopic (exact) mass is 666 g/mol. The Morgan fingerprint density at radius 1 is 0.449 bits per heavy atom. The maximum Gasteiger partial charge on any atom is 0.0559 e. The third kappa shape index (κ3) is 7.08. The molecule has 2 heteroatoms. The molecule has 0 aliphatic carbocycles. The maximum absolute atomic E-state index is 11.7. The van der Waals surface area contributed by atoms with Crippen LogP contribution in [-0.4, -0.2) is 11.2 Å². The highest BCUT2D eigenvalue weighted by atomic mass is 31.1. The van der Waals surface area contributed by atoms with Gasteiger partial charge in [-0.05, 0) is 97.5 Å². The van der Waals surface area contributed by atoms with Crippen LogP contribution < -0.4 is 5.30 Å². The lowest BCUT2D eigenvalue weighted by atomic mass is 9.82. The summed E-state index contributed by atoms with van der Waals surface area (Å²) >= 11 is 0. The van der Waals surface area contributed by atoms with Crippen molar-refractivity contribution in [3.05, 3.63) is 149 Å². The van der Waals surface area contributed by atoms with Crippen molar-refractivity contribution in [3.63, 3.8) is 0 Å². The summed E-state index contributed by atoms with van der Waals surface area (Å²) in [5.41, 5.74) is 14.4. The van der Waals surface area contributed by atoms with E-state index in [4.69, 9.17) is 0 Å². The summed E-state index contributed by atoms with van der Waals surface area (Å²) in [6, 6.07) is 43.5. The van der Waals surface area contributed by atoms with Gasteiger partial charge in [0, 0.05) is 11.3 Å². The van der Waals surface area contributed by atoms with Crippen molar-refractivity contribution >= 4 is 13.2 Å². The van der Waals surface area contributed by atoms with Crippen LogP contribution in [0, 0.1) is 0 Å². The Hall–Kier alpha value is -3.51. The Labute approximate surface area is 297 Å². The largest absolute Gasteiger partial charge is 0.393 e. The Bertz CT molecular complexity index is 1670. The highest BCUT2D eigenvalue weighted by Crippen LogP contribution is 2.69. The molecule has 6 rings (SSSR count). The normalized spacial score (nSPS) is 19.7. The first-order chi connectivity index (χ1) is 23.6. The molecule has 1 aliphatic rings. The molecule has 0 saturated carbocycles. The predicted molar refractivity (Wildman–Crippen MR) is 214 cm³/mol. The van der Waals surface area contributed by atoms with Crippen molar-refractivity contribution in [3.8, 4) is 22.3 Å². The predicted octanol–water partition coefficient (Wildman–Crippen LogP) is 13.3. The van der Waals surface area contributed by atoms with Crippen LogP contribution >= 0.6 is 7.92 Å². The van der Waals surface area contributed by atoms with Gasteiger partial charge in [0.25, 0.3) is 0 Å². The molecule has 1 aliphatic heterocycles. The van der Waals surface area contributed by atoms with Crippen LogP contribution in [0.2, 0.25) is 0 Å². The summed E-state index contributed by atoms with van der Waals surface area (Å²) in [6.07, 6.45) is 1.20. The summed E-state index contributed by atoms with van der Waals surface area (Å²) in [4.78, 5) is 0. The quantitative estimate of drug-likeness (QED) is 0.155. The molecular weight excluding hydrogens is 611 g/mol. The molecular formula is C47H55OP. The van der Waals surface area contributed by atoms with Gasteiger partial charge in [-0.3, -0.25) is 0 Å². The molecule has 1 fully saturated rings. The highest BCUT2D eigenvalue weighted by molar-refractivity contribution is 7.67. The summed E-state index contributed by atoms with van der Waals surface area (Å²) in [5, 5.41) is 13.2. The molecule has 0 bridgehead atoms. The lowest BCUT2D eigenvalue weighted by molar-refractivity contribution is 0.146. The van der Waals surface area contributed by atoms with Gasteiger partial charge in [-0.15, -0.1) is 0 Å². The van der Waals surface area contributed by atoms with Gasteiger partial charge in [0.05, 0.1) is 6.10 Å². The van der Waals surface area contributed by atoms with Crippen molar-refractivity contribution in [1.82, 2.24) is 0 Å². The minimum Gasteiger partial charge on any atom is -0.393 e. The van der Waals surface area contributed by atoms with E-state index in [-0.39, 0.29) is 17.4 Å². The van der Waals surface area contributed by atoms with Gasteiger partial charge in [0.1, 0.15) is 0 Å². The molecule has 2 unspecified atom stereocenters. The third-order valence-corrected chi connectivity index (χ3v) is 14.0. The van der Waals surface area contributed by atoms with Crippen LogP contribution in [0.15, 0.2) is 115 Å². The summed E-state index contributed by atoms with van der Waals surface area (Å²) in [6.45, 7) is 18.8. The van der Waals surface area contributed by atoms with Gasteiger partial charge in [-0.1, -0.05) is 179 Å². The molecule has 0 aromatic heterocycles. The topological polar surface area (TPSA) is 20.2 Å². The number of hydrogen-bond acceptors (Lipinski definition) is 1. The lowest BCUT2D eigenvalue weighted by Crippen LogP contribution is -2.28. The van der Waals surface area contributed by atoms with Crippen LogP contribution in [0.5, 0.6) is 0 Å². The number of aliphatic hydroxyl groups is 1. The highest BCUT2D eigenvalue weighted by Gasteiger charge is 2.42. The van der Waals surface area contributed by atoms with Crippen LogP contribution in [0.4, 0.5) is 0 Å². The first kappa shape index (κ1) is 35.3. The lowest BCUT2D eigenvalue weighted by Gasteiger charge is -2.44. The number of benzene rings is 5. The Balaban J connectivity index is 1.81. The van der Waals surface area contributed by atoms with E-state index in [0.29, 0.717) is 23.7 Å². The Morgan fingerprint density at radius 2 is 0.776 bits per heavy atom. The SMILES string of the molecule is CC(C)c1cccc(C(C)C)c1-c1cccc(-c2c(C(C)C)cccc2C(C)C)c1P1C(c2ccccc2)CC(O)CC1c1ccccc1. The molecule has 0 spiro atoms. The average Bonchev–Trinajstić information content (AvgIpc) is 3.11. The van der Waals surface area contributed by atoms with Crippen molar-refractivity contribution in [2.24, 2.45) is 0 Å². The minimum atomic E-state index is -0.848. The van der Waals surface area contributed by atoms with Crippen LogP contribution in [0.25, 0.3) is 22.3 Å². The molecule has 5 aromatic rings. The van der Waals surface area contributed by atoms with Crippen molar-refractivity contribution < 1.29 is 5.11 Å². The fourth-order valence-corrected chi connectivity index (χ4v) is 12.2. The van der Waals surface area contributed by atoms with E-state index < -0.39 is 7.92 Å². The summed E-state index contributed by atoms with van der Waals surface area (Å²) in [5.74, 6) is 1.54. The molecule has 5 aromatic carbocycles. The third-order valence-electron chi connectivity index (χ3n) is 10.6. The van der Waals surface area contributed by atoms with E-state index in [0.717, 1.165) is 12.8 Å². The summed E-state index contributed by atoms with van der Waals surface area (Å²) < 4.78 is 0. The number of hydrogen-bond donors (Lipinski definition) is 1. The molecule has 0 radical (unpaired) electrons. The molecule has 1 saturated heterocycles. The zero-order valence-corrected chi connectivity index (χ0v) is 31.7. The fraction of sp³-hybridized carbons (Fsp3) is 0.362. The standard InChI is InChI=1S/C47H55OP/c1-30(2)37-22-15-23-38(31(3)4)45(37)41-26-17-27-42(46-39(32(5)6)24-16-25-40(46)33(7)8)47(41)49-43(34-18-11-9-12-19-34)28-36(48)29-44(49)35-20-13-10-14-21-35/h9-27,30-33,36,43-44,48H,28-29H2,1-8H3. The van der Waals surface area contributed by atoms with Gasteiger partial charge < -0.3 is 5.11 Å². The maximum atomic E-state index is 11.7. The van der Waals surface area contributed by atoms with Gasteiger partial charge in [-0.2, -0.15) is 0 Å². The molecule has 254 valence electrons. The van der Waals surface area contributed by atoms with E-state index >= 15 is 0 Å². The smallest absolute Gasteiger partial charge is 0.0559 e. The second-order valence-corrected chi connectivity index (χ2v) is 17.8. The Kier molecular flexibility index (Phi) is 10.9. The van der Waals surface area contributed by atoms with Crippen LogP contribution in [0.3, 0.4) is 0 Å². The second kappa shape index (κ2) is 15.2. The average molecular weight is 667 g/mol. The van der Waals surface area contributed by atoms with Crippen LogP contribution in [0.1, 0.15) is 137 Å². The second-order valence-electron chi connectivity index (χ2n) is 15.3.